The molecule has 1 heterocycles. The van der Waals surface area contributed by atoms with E-state index in [-0.39, 0.29) is 5.69 Å². The highest BCUT2D eigenvalue weighted by atomic mass is 35.5. The quantitative estimate of drug-likeness (QED) is 0.766. The third-order valence-corrected chi connectivity index (χ3v) is 2.57. The third-order valence-electron chi connectivity index (χ3n) is 2.08. The monoisotopic (exact) mass is 208 g/mol. The van der Waals surface area contributed by atoms with Gasteiger partial charge in [0.05, 0.1) is 10.7 Å². The van der Waals surface area contributed by atoms with Gasteiger partial charge in [0.2, 0.25) is 0 Å². The number of imidazole rings is 1. The van der Waals surface area contributed by atoms with Gasteiger partial charge in [-0.1, -0.05) is 23.7 Å². The van der Waals surface area contributed by atoms with Crippen molar-refractivity contribution in [3.63, 3.8) is 0 Å². The number of benzene rings is 1. The number of halogens is 1. The molecule has 0 amide bonds. The zero-order valence-corrected chi connectivity index (χ0v) is 8.38. The lowest BCUT2D eigenvalue weighted by Crippen LogP contribution is -2.14. The van der Waals surface area contributed by atoms with Gasteiger partial charge in [-0.15, -0.1) is 0 Å². The second-order valence-electron chi connectivity index (χ2n) is 3.04. The largest absolute Gasteiger partial charge is 0.330 e. The summed E-state index contributed by atoms with van der Waals surface area (Å²) in [5, 5.41) is 0.606. The fraction of sp³-hybridized carbons (Fsp3) is 0.100. The summed E-state index contributed by atoms with van der Waals surface area (Å²) in [4.78, 5) is 13.9. The predicted molar refractivity (Wildman–Crippen MR) is 56.1 cm³/mol. The number of nitrogens with one attached hydrogen (secondary N) is 1. The van der Waals surface area contributed by atoms with Gasteiger partial charge in [0.1, 0.15) is 0 Å². The van der Waals surface area contributed by atoms with Crippen LogP contribution in [0, 0.1) is 6.92 Å². The van der Waals surface area contributed by atoms with Crippen LogP contribution in [0.15, 0.2) is 35.4 Å². The molecule has 0 saturated heterocycles. The minimum atomic E-state index is -0.183. The number of rotatable bonds is 1. The summed E-state index contributed by atoms with van der Waals surface area (Å²) in [5.74, 6) is 0. The molecule has 72 valence electrons. The van der Waals surface area contributed by atoms with Gasteiger partial charge in [-0.05, 0) is 18.6 Å². The van der Waals surface area contributed by atoms with E-state index in [1.807, 2.05) is 25.1 Å². The number of aromatic nitrogens is 2. The van der Waals surface area contributed by atoms with Gasteiger partial charge in [-0.3, -0.25) is 4.57 Å². The zero-order chi connectivity index (χ0) is 10.1. The fourth-order valence-corrected chi connectivity index (χ4v) is 1.55. The predicted octanol–water partition coefficient (Wildman–Crippen LogP) is 2.13. The Labute approximate surface area is 86.0 Å². The van der Waals surface area contributed by atoms with Crippen molar-refractivity contribution in [1.29, 1.82) is 0 Å². The molecule has 4 heteroatoms. The van der Waals surface area contributed by atoms with Crippen LogP contribution in [-0.2, 0) is 0 Å². The van der Waals surface area contributed by atoms with Crippen LogP contribution < -0.4 is 5.69 Å². The second-order valence-corrected chi connectivity index (χ2v) is 3.42. The van der Waals surface area contributed by atoms with E-state index < -0.39 is 0 Å². The summed E-state index contributed by atoms with van der Waals surface area (Å²) >= 11 is 6.08. The topological polar surface area (TPSA) is 37.8 Å². The zero-order valence-electron chi connectivity index (χ0n) is 7.62. The maximum absolute atomic E-state index is 11.3. The first-order valence-corrected chi connectivity index (χ1v) is 4.59. The van der Waals surface area contributed by atoms with Gasteiger partial charge in [-0.25, -0.2) is 4.79 Å². The molecule has 0 spiro atoms. The van der Waals surface area contributed by atoms with Crippen LogP contribution in [0.3, 0.4) is 0 Å². The molecule has 3 nitrogen and oxygen atoms in total. The van der Waals surface area contributed by atoms with Crippen LogP contribution in [0.5, 0.6) is 0 Å². The molecule has 2 aromatic rings. The standard InChI is InChI=1S/C10H9ClN2O/c1-7-3-2-4-8(9(7)11)13-6-5-12-10(13)14/h2-6H,1H3,(H,12,14). The van der Waals surface area contributed by atoms with E-state index in [9.17, 15) is 4.79 Å². The second kappa shape index (κ2) is 3.35. The Balaban J connectivity index is 2.69. The summed E-state index contributed by atoms with van der Waals surface area (Å²) in [6, 6.07) is 5.59. The lowest BCUT2D eigenvalue weighted by molar-refractivity contribution is 0.985. The molecule has 1 aromatic carbocycles. The smallest absolute Gasteiger partial charge is 0.312 e. The molecule has 1 aromatic heterocycles. The van der Waals surface area contributed by atoms with E-state index >= 15 is 0 Å². The number of hydrogen-bond acceptors (Lipinski definition) is 1. The summed E-state index contributed by atoms with van der Waals surface area (Å²) in [6.07, 6.45) is 3.24. The molecule has 2 rings (SSSR count). The van der Waals surface area contributed by atoms with Crippen molar-refractivity contribution >= 4 is 11.6 Å². The highest BCUT2D eigenvalue weighted by Gasteiger charge is 2.06. The van der Waals surface area contributed by atoms with E-state index in [1.165, 1.54) is 4.57 Å². The van der Waals surface area contributed by atoms with Crippen LogP contribution >= 0.6 is 11.6 Å². The van der Waals surface area contributed by atoms with Crippen molar-refractivity contribution in [3.8, 4) is 5.69 Å². The molecule has 0 unspecified atom stereocenters. The molecule has 1 N–H and O–H groups in total. The highest BCUT2D eigenvalue weighted by molar-refractivity contribution is 6.33. The number of nitrogens with zero attached hydrogens (tertiary/aromatic N) is 1. The minimum Gasteiger partial charge on any atom is -0.312 e. The summed E-state index contributed by atoms with van der Waals surface area (Å²) in [6.45, 7) is 1.91. The van der Waals surface area contributed by atoms with Crippen molar-refractivity contribution < 1.29 is 0 Å². The summed E-state index contributed by atoms with van der Waals surface area (Å²) < 4.78 is 1.48. The molecule has 0 fully saturated rings. The Kier molecular flexibility index (Phi) is 2.17. The molecule has 0 radical (unpaired) electrons. The van der Waals surface area contributed by atoms with Crippen molar-refractivity contribution in [2.75, 3.05) is 0 Å². The van der Waals surface area contributed by atoms with Crippen LogP contribution in [0.2, 0.25) is 5.02 Å². The lowest BCUT2D eigenvalue weighted by Gasteiger charge is -2.05. The molecular weight excluding hydrogens is 200 g/mol. The molecule has 0 aliphatic heterocycles. The number of H-pyrrole nitrogens is 1. The lowest BCUT2D eigenvalue weighted by atomic mass is 10.2. The van der Waals surface area contributed by atoms with Crippen molar-refractivity contribution in [2.24, 2.45) is 0 Å². The van der Waals surface area contributed by atoms with Crippen molar-refractivity contribution in [1.82, 2.24) is 9.55 Å². The fourth-order valence-electron chi connectivity index (χ4n) is 1.33. The van der Waals surface area contributed by atoms with Gasteiger partial charge in [-0.2, -0.15) is 0 Å². The van der Waals surface area contributed by atoms with Gasteiger partial charge < -0.3 is 4.98 Å². The van der Waals surface area contributed by atoms with Gasteiger partial charge >= 0.3 is 5.69 Å². The maximum Gasteiger partial charge on any atom is 0.330 e. The van der Waals surface area contributed by atoms with Gasteiger partial charge in [0, 0.05) is 12.4 Å². The van der Waals surface area contributed by atoms with E-state index in [1.54, 1.807) is 12.4 Å². The average molecular weight is 209 g/mol. The Morgan fingerprint density at radius 1 is 1.43 bits per heavy atom. The van der Waals surface area contributed by atoms with Crippen LogP contribution in [0.4, 0.5) is 0 Å². The van der Waals surface area contributed by atoms with Crippen LogP contribution in [0.25, 0.3) is 5.69 Å². The Hall–Kier alpha value is -1.48. The number of hydrogen-bond donors (Lipinski definition) is 1. The van der Waals surface area contributed by atoms with Gasteiger partial charge in [0.25, 0.3) is 0 Å². The number of aromatic amines is 1. The SMILES string of the molecule is Cc1cccc(-n2cc[nH]c2=O)c1Cl. The van der Waals surface area contributed by atoms with E-state index in [0.29, 0.717) is 10.7 Å². The normalized spacial score (nSPS) is 10.4. The highest BCUT2D eigenvalue weighted by Crippen LogP contribution is 2.22. The molecule has 0 atom stereocenters. The molecule has 0 saturated carbocycles. The average Bonchev–Trinajstić information content (AvgIpc) is 2.57. The Bertz CT molecular complexity index is 513. The van der Waals surface area contributed by atoms with E-state index in [0.717, 1.165) is 5.56 Å². The summed E-state index contributed by atoms with van der Waals surface area (Å²) in [7, 11) is 0. The maximum atomic E-state index is 11.3. The van der Waals surface area contributed by atoms with Crippen LogP contribution in [-0.4, -0.2) is 9.55 Å². The first-order valence-electron chi connectivity index (χ1n) is 4.21. The molecular formula is C10H9ClN2O. The Morgan fingerprint density at radius 2 is 2.21 bits per heavy atom. The molecule has 0 bridgehead atoms. The van der Waals surface area contributed by atoms with E-state index in [2.05, 4.69) is 4.98 Å². The first kappa shape index (κ1) is 9.09. The third kappa shape index (κ3) is 1.36. The number of aryl methyl sites for hydroxylation is 1. The van der Waals surface area contributed by atoms with Crippen molar-refractivity contribution in [2.45, 2.75) is 6.92 Å². The van der Waals surface area contributed by atoms with Crippen LogP contribution in [0.1, 0.15) is 5.56 Å². The molecule has 0 aliphatic carbocycles. The minimum absolute atomic E-state index is 0.183. The Morgan fingerprint density at radius 3 is 2.86 bits per heavy atom. The van der Waals surface area contributed by atoms with Gasteiger partial charge in [0.15, 0.2) is 0 Å². The van der Waals surface area contributed by atoms with E-state index in [4.69, 9.17) is 11.6 Å². The van der Waals surface area contributed by atoms with Crippen molar-refractivity contribution in [3.05, 3.63) is 51.7 Å². The molecule has 0 aliphatic rings. The molecule has 14 heavy (non-hydrogen) atoms. The first-order chi connectivity index (χ1) is 6.70. The summed E-state index contributed by atoms with van der Waals surface area (Å²) in [5.41, 5.74) is 1.48.